The number of hydrogen-bond acceptors (Lipinski definition) is 5. The molecule has 0 saturated heterocycles. The van der Waals surface area contributed by atoms with Crippen LogP contribution in [0.3, 0.4) is 0 Å². The Morgan fingerprint density at radius 3 is 2.38 bits per heavy atom. The van der Waals surface area contributed by atoms with E-state index < -0.39 is 5.97 Å². The fourth-order valence-electron chi connectivity index (χ4n) is 2.19. The molecule has 144 valence electrons. The average molecular weight is 405 g/mol. The first-order valence-electron chi connectivity index (χ1n) is 8.04. The van der Waals surface area contributed by atoms with Crippen molar-refractivity contribution in [3.05, 3.63) is 21.7 Å². The molecule has 0 atom stereocenters. The molecule has 1 amide bonds. The molecule has 0 unspecified atom stereocenters. The predicted octanol–water partition coefficient (Wildman–Crippen LogP) is 3.89. The third-order valence-electron chi connectivity index (χ3n) is 3.53. The molecule has 0 heterocycles. The van der Waals surface area contributed by atoms with E-state index in [4.69, 9.17) is 37.8 Å². The zero-order valence-corrected chi connectivity index (χ0v) is 16.2. The van der Waals surface area contributed by atoms with E-state index in [2.05, 4.69) is 10.5 Å². The molecular weight excluding hydrogens is 383 g/mol. The van der Waals surface area contributed by atoms with Gasteiger partial charge in [-0.1, -0.05) is 36.0 Å². The van der Waals surface area contributed by atoms with Crippen molar-refractivity contribution in [1.82, 2.24) is 5.43 Å². The molecule has 0 radical (unpaired) electrons. The normalized spacial score (nSPS) is 10.8. The Morgan fingerprint density at radius 1 is 1.15 bits per heavy atom. The smallest absolute Gasteiger partial charge is 0.303 e. The third-order valence-corrected chi connectivity index (χ3v) is 4.21. The number of amides is 1. The summed E-state index contributed by atoms with van der Waals surface area (Å²) >= 11 is 12.4. The van der Waals surface area contributed by atoms with Crippen LogP contribution in [0.15, 0.2) is 11.2 Å². The summed E-state index contributed by atoms with van der Waals surface area (Å²) in [7, 11) is 2.93. The number of hydrogen-bond donors (Lipinski definition) is 2. The van der Waals surface area contributed by atoms with Crippen LogP contribution in [-0.4, -0.2) is 37.4 Å². The van der Waals surface area contributed by atoms with Gasteiger partial charge in [-0.15, -0.1) is 0 Å². The maximum Gasteiger partial charge on any atom is 0.303 e. The van der Waals surface area contributed by atoms with Gasteiger partial charge in [0, 0.05) is 24.5 Å². The maximum atomic E-state index is 11.7. The second-order valence-electron chi connectivity index (χ2n) is 5.42. The molecule has 26 heavy (non-hydrogen) atoms. The number of benzene rings is 1. The number of aliphatic carboxylic acids is 1. The Hall–Kier alpha value is -1.99. The van der Waals surface area contributed by atoms with Crippen molar-refractivity contribution in [1.29, 1.82) is 0 Å². The molecular formula is C17H22Cl2N2O5. The lowest BCUT2D eigenvalue weighted by molar-refractivity contribution is -0.137. The van der Waals surface area contributed by atoms with Gasteiger partial charge < -0.3 is 14.6 Å². The summed E-state index contributed by atoms with van der Waals surface area (Å²) in [6.45, 7) is 0. The molecule has 1 rings (SSSR count). The van der Waals surface area contributed by atoms with Crippen LogP contribution < -0.4 is 14.9 Å². The summed E-state index contributed by atoms with van der Waals surface area (Å²) in [4.78, 5) is 22.1. The van der Waals surface area contributed by atoms with Crippen LogP contribution in [0.2, 0.25) is 10.0 Å². The Morgan fingerprint density at radius 2 is 1.81 bits per heavy atom. The molecule has 1 aromatic rings. The van der Waals surface area contributed by atoms with Crippen LogP contribution in [-0.2, 0) is 9.59 Å². The quantitative estimate of drug-likeness (QED) is 0.331. The van der Waals surface area contributed by atoms with E-state index in [1.165, 1.54) is 20.4 Å². The Kier molecular flexibility index (Phi) is 9.83. The van der Waals surface area contributed by atoms with Gasteiger partial charge in [0.05, 0.1) is 30.5 Å². The SMILES string of the molecule is COc1cc(Cl)c(/C=N/NC(=O)CCCCCCC(=O)O)c(Cl)c1OC. The summed E-state index contributed by atoms with van der Waals surface area (Å²) in [6.07, 6.45) is 4.65. The van der Waals surface area contributed by atoms with Crippen molar-refractivity contribution in [2.75, 3.05) is 14.2 Å². The van der Waals surface area contributed by atoms with Gasteiger partial charge in [-0.3, -0.25) is 9.59 Å². The lowest BCUT2D eigenvalue weighted by Gasteiger charge is -2.12. The minimum absolute atomic E-state index is 0.156. The number of ether oxygens (including phenoxy) is 2. The fourth-order valence-corrected chi connectivity index (χ4v) is 2.81. The molecule has 9 heteroatoms. The van der Waals surface area contributed by atoms with Crippen molar-refractivity contribution in [3.8, 4) is 11.5 Å². The molecule has 0 aliphatic rings. The van der Waals surface area contributed by atoms with E-state index in [0.717, 1.165) is 12.8 Å². The van der Waals surface area contributed by atoms with Crippen LogP contribution in [0.25, 0.3) is 0 Å². The van der Waals surface area contributed by atoms with Gasteiger partial charge in [0.15, 0.2) is 11.5 Å². The highest BCUT2D eigenvalue weighted by atomic mass is 35.5. The van der Waals surface area contributed by atoms with Gasteiger partial charge >= 0.3 is 5.97 Å². The number of methoxy groups -OCH3 is 2. The monoisotopic (exact) mass is 404 g/mol. The maximum absolute atomic E-state index is 11.7. The number of halogens is 2. The highest BCUT2D eigenvalue weighted by Crippen LogP contribution is 2.40. The van der Waals surface area contributed by atoms with Crippen molar-refractivity contribution in [2.24, 2.45) is 5.10 Å². The van der Waals surface area contributed by atoms with Gasteiger partial charge in [-0.05, 0) is 12.8 Å². The standard InChI is InChI=1S/C17H22Cl2N2O5/c1-25-13-9-12(18)11(16(19)17(13)26-2)10-20-21-14(22)7-5-3-4-6-8-15(23)24/h9-10H,3-8H2,1-2H3,(H,21,22)(H,23,24)/b20-10+. The lowest BCUT2D eigenvalue weighted by Crippen LogP contribution is -2.17. The van der Waals surface area contributed by atoms with Crippen molar-refractivity contribution >= 4 is 41.3 Å². The number of carboxylic acid groups (broad SMARTS) is 1. The fraction of sp³-hybridized carbons (Fsp3) is 0.471. The third kappa shape index (κ3) is 7.09. The molecule has 7 nitrogen and oxygen atoms in total. The number of carbonyl (C=O) groups is 2. The molecule has 1 aromatic carbocycles. The van der Waals surface area contributed by atoms with E-state index in [9.17, 15) is 9.59 Å². The van der Waals surface area contributed by atoms with Crippen LogP contribution in [0.1, 0.15) is 44.1 Å². The van der Waals surface area contributed by atoms with Crippen LogP contribution in [0, 0.1) is 0 Å². The number of hydrazone groups is 1. The molecule has 0 aliphatic heterocycles. The molecule has 2 N–H and O–H groups in total. The minimum Gasteiger partial charge on any atom is -0.493 e. The molecule has 0 aromatic heterocycles. The molecule has 0 bridgehead atoms. The minimum atomic E-state index is -0.801. The van der Waals surface area contributed by atoms with E-state index in [0.29, 0.717) is 41.3 Å². The number of carbonyl (C=O) groups excluding carboxylic acids is 1. The van der Waals surface area contributed by atoms with Crippen LogP contribution in [0.5, 0.6) is 11.5 Å². The first-order valence-corrected chi connectivity index (χ1v) is 8.80. The highest BCUT2D eigenvalue weighted by molar-refractivity contribution is 6.40. The largest absolute Gasteiger partial charge is 0.493 e. The number of rotatable bonds is 11. The summed E-state index contributed by atoms with van der Waals surface area (Å²) in [5.74, 6) is -0.323. The zero-order chi connectivity index (χ0) is 19.5. The Bertz CT molecular complexity index is 665. The number of nitrogens with one attached hydrogen (secondary N) is 1. The predicted molar refractivity (Wildman–Crippen MR) is 101 cm³/mol. The summed E-state index contributed by atoms with van der Waals surface area (Å²) in [5.41, 5.74) is 2.81. The summed E-state index contributed by atoms with van der Waals surface area (Å²) < 4.78 is 10.3. The zero-order valence-electron chi connectivity index (χ0n) is 14.7. The highest BCUT2D eigenvalue weighted by Gasteiger charge is 2.16. The molecule has 0 fully saturated rings. The lowest BCUT2D eigenvalue weighted by atomic mass is 10.1. The average Bonchev–Trinajstić information content (AvgIpc) is 2.60. The van der Waals surface area contributed by atoms with Gasteiger partial charge in [0.25, 0.3) is 0 Å². The number of carboxylic acids is 1. The van der Waals surface area contributed by atoms with E-state index >= 15 is 0 Å². The topological polar surface area (TPSA) is 97.2 Å². The second-order valence-corrected chi connectivity index (χ2v) is 6.21. The van der Waals surface area contributed by atoms with Gasteiger partial charge in [0.1, 0.15) is 0 Å². The second kappa shape index (κ2) is 11.6. The molecule has 0 aliphatic carbocycles. The van der Waals surface area contributed by atoms with Crippen molar-refractivity contribution in [3.63, 3.8) is 0 Å². The first kappa shape index (κ1) is 22.1. The van der Waals surface area contributed by atoms with Crippen LogP contribution >= 0.6 is 23.2 Å². The number of nitrogens with zero attached hydrogens (tertiary/aromatic N) is 1. The van der Waals surface area contributed by atoms with Crippen LogP contribution in [0.4, 0.5) is 0 Å². The van der Waals surface area contributed by atoms with Crippen molar-refractivity contribution in [2.45, 2.75) is 38.5 Å². The first-order chi connectivity index (χ1) is 12.4. The van der Waals surface area contributed by atoms with Gasteiger partial charge in [-0.2, -0.15) is 5.10 Å². The van der Waals surface area contributed by atoms with Crippen molar-refractivity contribution < 1.29 is 24.2 Å². The Balaban J connectivity index is 2.51. The van der Waals surface area contributed by atoms with E-state index in [-0.39, 0.29) is 17.4 Å². The van der Waals surface area contributed by atoms with E-state index in [1.54, 1.807) is 6.07 Å². The van der Waals surface area contributed by atoms with Gasteiger partial charge in [0.2, 0.25) is 5.91 Å². The number of unbranched alkanes of at least 4 members (excludes halogenated alkanes) is 3. The van der Waals surface area contributed by atoms with Gasteiger partial charge in [-0.25, -0.2) is 5.43 Å². The molecule has 0 spiro atoms. The summed E-state index contributed by atoms with van der Waals surface area (Å²) in [5, 5.41) is 12.9. The molecule has 0 saturated carbocycles. The summed E-state index contributed by atoms with van der Waals surface area (Å²) in [6, 6.07) is 1.55. The van der Waals surface area contributed by atoms with E-state index in [1.807, 2.05) is 0 Å². The Labute approximate surface area is 162 Å².